The summed E-state index contributed by atoms with van der Waals surface area (Å²) >= 11 is 6.13. The SMILES string of the molecule is C/C(N)=N/N(N)Cc1cc(Cl)ccc1/C=C/C(=O)N1CCN(Cc2cc(C)no2)CC1. The standard InChI is InChI=1S/C21H28ClN7O2/c1-15-11-20(31-26-15)14-27-7-9-28(10-8-27)21(30)6-4-17-3-5-19(22)12-18(17)13-29(24)25-16(2)23/h3-6,11-12H,7-10,13-14,24H2,1-2H3,(H2,23,25)/b6-4+. The van der Waals surface area contributed by atoms with Gasteiger partial charge in [-0.3, -0.25) is 9.69 Å². The maximum absolute atomic E-state index is 12.7. The van der Waals surface area contributed by atoms with Crippen LogP contribution in [0.1, 0.15) is 29.5 Å². The van der Waals surface area contributed by atoms with Crippen molar-refractivity contribution in [3.05, 3.63) is 57.9 Å². The number of carbonyl (C=O) groups is 1. The Labute approximate surface area is 186 Å². The molecule has 1 aromatic heterocycles. The maximum Gasteiger partial charge on any atom is 0.246 e. The van der Waals surface area contributed by atoms with E-state index < -0.39 is 0 Å². The second-order valence-corrected chi connectivity index (χ2v) is 7.99. The number of hydrazone groups is 1. The number of hydrazine groups is 1. The van der Waals surface area contributed by atoms with E-state index in [4.69, 9.17) is 27.7 Å². The zero-order valence-corrected chi connectivity index (χ0v) is 18.5. The van der Waals surface area contributed by atoms with Crippen molar-refractivity contribution in [2.24, 2.45) is 16.7 Å². The van der Waals surface area contributed by atoms with Crippen molar-refractivity contribution in [3.8, 4) is 0 Å². The van der Waals surface area contributed by atoms with Crippen LogP contribution in [0.3, 0.4) is 0 Å². The molecule has 1 saturated heterocycles. The smallest absolute Gasteiger partial charge is 0.246 e. The number of piperazine rings is 1. The molecule has 0 aliphatic carbocycles. The second-order valence-electron chi connectivity index (χ2n) is 7.55. The number of hydrogen-bond acceptors (Lipinski definition) is 7. The molecule has 3 rings (SSSR count). The Morgan fingerprint density at radius 2 is 2.06 bits per heavy atom. The van der Waals surface area contributed by atoms with Crippen molar-refractivity contribution < 1.29 is 9.32 Å². The van der Waals surface area contributed by atoms with Gasteiger partial charge in [-0.05, 0) is 43.2 Å². The Morgan fingerprint density at radius 3 is 2.71 bits per heavy atom. The molecule has 1 fully saturated rings. The summed E-state index contributed by atoms with van der Waals surface area (Å²) in [5, 5.41) is 9.74. The minimum atomic E-state index is -0.0310. The molecule has 1 aromatic carbocycles. The lowest BCUT2D eigenvalue weighted by Gasteiger charge is -2.33. The van der Waals surface area contributed by atoms with Gasteiger partial charge in [-0.2, -0.15) is 0 Å². The Balaban J connectivity index is 1.58. The fourth-order valence-corrected chi connectivity index (χ4v) is 3.59. The molecule has 31 heavy (non-hydrogen) atoms. The summed E-state index contributed by atoms with van der Waals surface area (Å²) in [6.45, 7) is 7.45. The second kappa shape index (κ2) is 10.4. The number of amides is 1. The lowest BCUT2D eigenvalue weighted by Crippen LogP contribution is -2.47. The van der Waals surface area contributed by atoms with Gasteiger partial charge in [0.1, 0.15) is 5.84 Å². The fourth-order valence-electron chi connectivity index (χ4n) is 3.39. The maximum atomic E-state index is 12.7. The molecular weight excluding hydrogens is 418 g/mol. The number of nitrogens with two attached hydrogens (primary N) is 2. The summed E-state index contributed by atoms with van der Waals surface area (Å²) in [5.41, 5.74) is 8.14. The number of aryl methyl sites for hydroxylation is 1. The normalized spacial score (nSPS) is 15.6. The van der Waals surface area contributed by atoms with Gasteiger partial charge in [-0.25, -0.2) is 11.0 Å². The predicted octanol–water partition coefficient (Wildman–Crippen LogP) is 1.96. The van der Waals surface area contributed by atoms with Gasteiger partial charge in [0.25, 0.3) is 0 Å². The van der Waals surface area contributed by atoms with E-state index in [1.54, 1.807) is 31.2 Å². The van der Waals surface area contributed by atoms with E-state index in [2.05, 4.69) is 15.2 Å². The third-order valence-corrected chi connectivity index (χ3v) is 5.10. The highest BCUT2D eigenvalue weighted by molar-refractivity contribution is 6.30. The number of nitrogens with zero attached hydrogens (tertiary/aromatic N) is 5. The van der Waals surface area contributed by atoms with E-state index in [0.717, 1.165) is 35.7 Å². The van der Waals surface area contributed by atoms with Gasteiger partial charge in [0.05, 0.1) is 18.8 Å². The topological polar surface area (TPSA) is 117 Å². The van der Waals surface area contributed by atoms with Gasteiger partial charge >= 0.3 is 0 Å². The lowest BCUT2D eigenvalue weighted by atomic mass is 10.1. The minimum Gasteiger partial charge on any atom is -0.386 e. The zero-order chi connectivity index (χ0) is 22.4. The Morgan fingerprint density at radius 1 is 1.32 bits per heavy atom. The third kappa shape index (κ3) is 6.81. The number of benzene rings is 1. The van der Waals surface area contributed by atoms with Crippen molar-refractivity contribution in [1.82, 2.24) is 20.1 Å². The van der Waals surface area contributed by atoms with Crippen molar-refractivity contribution in [2.45, 2.75) is 26.9 Å². The fraction of sp³-hybridized carbons (Fsp3) is 0.381. The molecule has 2 aromatic rings. The van der Waals surface area contributed by atoms with E-state index >= 15 is 0 Å². The van der Waals surface area contributed by atoms with Gasteiger partial charge < -0.3 is 15.2 Å². The van der Waals surface area contributed by atoms with Gasteiger partial charge in [-0.15, -0.1) is 5.10 Å². The molecule has 0 spiro atoms. The molecule has 0 radical (unpaired) electrons. The molecule has 1 aliphatic rings. The molecule has 0 saturated carbocycles. The summed E-state index contributed by atoms with van der Waals surface area (Å²) in [5.74, 6) is 7.04. The molecular formula is C21H28ClN7O2. The van der Waals surface area contributed by atoms with Crippen molar-refractivity contribution in [3.63, 3.8) is 0 Å². The molecule has 1 aliphatic heterocycles. The van der Waals surface area contributed by atoms with Crippen LogP contribution in [0.25, 0.3) is 6.08 Å². The summed E-state index contributed by atoms with van der Waals surface area (Å²) in [7, 11) is 0. The van der Waals surface area contributed by atoms with E-state index in [-0.39, 0.29) is 5.91 Å². The molecule has 0 bridgehead atoms. The summed E-state index contributed by atoms with van der Waals surface area (Å²) in [6, 6.07) is 7.37. The number of amidine groups is 1. The van der Waals surface area contributed by atoms with Crippen LogP contribution in [0.4, 0.5) is 0 Å². The van der Waals surface area contributed by atoms with Crippen LogP contribution >= 0.6 is 11.6 Å². The first kappa shape index (κ1) is 22.8. The van der Waals surface area contributed by atoms with E-state index in [0.29, 0.717) is 37.0 Å². The van der Waals surface area contributed by atoms with E-state index in [1.165, 1.54) is 5.12 Å². The highest BCUT2D eigenvalue weighted by Gasteiger charge is 2.20. The van der Waals surface area contributed by atoms with Crippen LogP contribution in [0, 0.1) is 6.92 Å². The molecule has 2 heterocycles. The highest BCUT2D eigenvalue weighted by atomic mass is 35.5. The Kier molecular flexibility index (Phi) is 7.67. The number of aromatic nitrogens is 1. The number of halogens is 1. The van der Waals surface area contributed by atoms with Gasteiger partial charge in [-0.1, -0.05) is 22.8 Å². The van der Waals surface area contributed by atoms with E-state index in [1.807, 2.05) is 24.0 Å². The minimum absolute atomic E-state index is 0.0310. The average Bonchev–Trinajstić information content (AvgIpc) is 3.11. The number of rotatable bonds is 7. The van der Waals surface area contributed by atoms with Crippen molar-refractivity contribution in [2.75, 3.05) is 26.2 Å². The van der Waals surface area contributed by atoms with Crippen LogP contribution in [-0.2, 0) is 17.9 Å². The van der Waals surface area contributed by atoms with Gasteiger partial charge in [0.2, 0.25) is 5.91 Å². The molecule has 9 nitrogen and oxygen atoms in total. The molecule has 166 valence electrons. The first-order valence-corrected chi connectivity index (χ1v) is 10.4. The van der Waals surface area contributed by atoms with Crippen LogP contribution in [0.2, 0.25) is 5.02 Å². The van der Waals surface area contributed by atoms with Crippen molar-refractivity contribution in [1.29, 1.82) is 0 Å². The largest absolute Gasteiger partial charge is 0.386 e. The number of hydrogen-bond donors (Lipinski definition) is 2. The first-order chi connectivity index (χ1) is 14.8. The summed E-state index contributed by atoms with van der Waals surface area (Å²) < 4.78 is 5.28. The first-order valence-electron chi connectivity index (χ1n) is 10.0. The highest BCUT2D eigenvalue weighted by Crippen LogP contribution is 2.19. The third-order valence-electron chi connectivity index (χ3n) is 4.87. The van der Waals surface area contributed by atoms with Gasteiger partial charge in [0.15, 0.2) is 5.76 Å². The molecule has 0 unspecified atom stereocenters. The lowest BCUT2D eigenvalue weighted by molar-refractivity contribution is -0.127. The monoisotopic (exact) mass is 445 g/mol. The van der Waals surface area contributed by atoms with Crippen LogP contribution < -0.4 is 11.6 Å². The van der Waals surface area contributed by atoms with Crippen LogP contribution in [0.15, 0.2) is 40.0 Å². The Bertz CT molecular complexity index is 960. The summed E-state index contributed by atoms with van der Waals surface area (Å²) in [6.07, 6.45) is 3.37. The predicted molar refractivity (Wildman–Crippen MR) is 121 cm³/mol. The quantitative estimate of drug-likeness (QED) is 0.220. The van der Waals surface area contributed by atoms with Crippen LogP contribution in [-0.4, -0.2) is 58.0 Å². The van der Waals surface area contributed by atoms with Crippen LogP contribution in [0.5, 0.6) is 0 Å². The average molecular weight is 446 g/mol. The number of carbonyl (C=O) groups excluding carboxylic acids is 1. The zero-order valence-electron chi connectivity index (χ0n) is 17.8. The summed E-state index contributed by atoms with van der Waals surface area (Å²) in [4.78, 5) is 16.8. The molecule has 1 amide bonds. The Hall–Kier alpha value is -2.88. The molecule has 0 atom stereocenters. The van der Waals surface area contributed by atoms with E-state index in [9.17, 15) is 4.79 Å². The molecule has 10 heteroatoms. The van der Waals surface area contributed by atoms with Crippen molar-refractivity contribution >= 4 is 29.4 Å². The van der Waals surface area contributed by atoms with Gasteiger partial charge in [0, 0.05) is 43.3 Å². The molecule has 4 N–H and O–H groups in total.